The molecule has 3 aliphatic rings. The number of anilines is 2. The second-order valence-corrected chi connectivity index (χ2v) is 32.3. The van der Waals surface area contributed by atoms with Crippen LogP contribution in [0.5, 0.6) is 11.5 Å². The van der Waals surface area contributed by atoms with Crippen LogP contribution in [-0.2, 0) is 24.3 Å². The third-order valence-corrected chi connectivity index (χ3v) is 24.0. The number of halogens is 4. The lowest BCUT2D eigenvalue weighted by Gasteiger charge is -2.44. The summed E-state index contributed by atoms with van der Waals surface area (Å²) in [4.78, 5) is 41.4. The molecule has 4 heterocycles. The summed E-state index contributed by atoms with van der Waals surface area (Å²) in [5.74, 6) is -0.998. The van der Waals surface area contributed by atoms with E-state index in [4.69, 9.17) is 20.8 Å². The van der Waals surface area contributed by atoms with Crippen LogP contribution in [0.15, 0.2) is 101 Å². The number of aromatic amines is 1. The molecule has 3 aromatic carbocycles. The van der Waals surface area contributed by atoms with E-state index in [9.17, 15) is 44.7 Å². The first-order valence-corrected chi connectivity index (χ1v) is 33.7. The van der Waals surface area contributed by atoms with E-state index < -0.39 is 61.2 Å². The lowest BCUT2D eigenvalue weighted by Crippen LogP contribution is -2.51. The van der Waals surface area contributed by atoms with Crippen molar-refractivity contribution < 1.29 is 53.9 Å². The molecule has 4 N–H and O–H groups in total. The van der Waals surface area contributed by atoms with Gasteiger partial charge in [-0.2, -0.15) is 13.2 Å². The minimum atomic E-state index is -6.09. The second kappa shape index (κ2) is 25.2. The maximum absolute atomic E-state index is 14.2. The van der Waals surface area contributed by atoms with Gasteiger partial charge in [0, 0.05) is 114 Å². The summed E-state index contributed by atoms with van der Waals surface area (Å²) >= 11 is 6.32. The van der Waals surface area contributed by atoms with Gasteiger partial charge in [0.2, 0.25) is 0 Å². The zero-order valence-corrected chi connectivity index (χ0v) is 50.9. The van der Waals surface area contributed by atoms with Gasteiger partial charge in [-0.3, -0.25) is 14.6 Å². The van der Waals surface area contributed by atoms with Gasteiger partial charge in [0.1, 0.15) is 22.0 Å². The SMILES string of the molecule is CN(CCCNc1ccc(S(=O)(=O)NC(=O)c2ccc(N3CCN(CC4=C(c5ccc(Cl)cc5)CC[C@@](C)(CN5CCN(C(=O)O)CC5)C4)CC3)cc2Oc2cnc3[nH]ccc3c2)cc1S(=O)(=O)C(F)(F)F)CCO[Si](C)(C)C(C)(C)C. The number of fused-ring (bicyclic) bond motifs is 1. The number of carbonyl (C=O) groups is 2. The van der Waals surface area contributed by atoms with Gasteiger partial charge in [0.15, 0.2) is 8.32 Å². The summed E-state index contributed by atoms with van der Waals surface area (Å²) < 4.78 is 111. The molecule has 82 heavy (non-hydrogen) atoms. The molecular weight excluding hydrogens is 1140 g/mol. The fraction of sp³-hybridized carbons (Fsp3) is 0.491. The number of hydrogen-bond donors (Lipinski definition) is 4. The predicted octanol–water partition coefficient (Wildman–Crippen LogP) is 10.2. The number of nitrogens with one attached hydrogen (secondary N) is 3. The Morgan fingerprint density at radius 1 is 0.902 bits per heavy atom. The normalized spacial score (nSPS) is 18.3. The van der Waals surface area contributed by atoms with Gasteiger partial charge in [0.05, 0.1) is 22.3 Å². The largest absolute Gasteiger partial charge is 0.501 e. The number of benzene rings is 3. The van der Waals surface area contributed by atoms with E-state index in [1.807, 2.05) is 28.8 Å². The van der Waals surface area contributed by atoms with Crippen LogP contribution in [-0.4, -0.2) is 176 Å². The number of likely N-dealkylation sites (N-methyl/N-ethyl adjacent to an activating group) is 1. The van der Waals surface area contributed by atoms with Crippen molar-refractivity contribution in [2.75, 3.05) is 109 Å². The fourth-order valence-electron chi connectivity index (χ4n) is 10.5. The van der Waals surface area contributed by atoms with Crippen molar-refractivity contribution in [3.8, 4) is 11.5 Å². The molecule has 5 aromatic rings. The molecule has 2 amide bonds. The lowest BCUT2D eigenvalue weighted by molar-refractivity contribution is -0.0436. The number of pyridine rings is 1. The van der Waals surface area contributed by atoms with Gasteiger partial charge in [-0.05, 0) is 129 Å². The van der Waals surface area contributed by atoms with E-state index in [-0.39, 0.29) is 34.1 Å². The molecule has 446 valence electrons. The molecule has 0 saturated carbocycles. The fourth-order valence-corrected chi connectivity index (χ4v) is 13.7. The van der Waals surface area contributed by atoms with E-state index in [2.05, 4.69) is 82.9 Å². The minimum absolute atomic E-state index is 0.0264. The van der Waals surface area contributed by atoms with Crippen LogP contribution in [0.1, 0.15) is 69.3 Å². The topological polar surface area (TPSA) is 210 Å². The summed E-state index contributed by atoms with van der Waals surface area (Å²) in [5, 5.41) is 13.7. The number of aromatic nitrogens is 2. The van der Waals surface area contributed by atoms with Crippen LogP contribution in [0.3, 0.4) is 0 Å². The Balaban J connectivity index is 0.975. The lowest BCUT2D eigenvalue weighted by atomic mass is 9.71. The number of allylic oxidation sites excluding steroid dienone is 1. The highest BCUT2D eigenvalue weighted by molar-refractivity contribution is 7.92. The molecule has 2 saturated heterocycles. The van der Waals surface area contributed by atoms with Gasteiger partial charge >= 0.3 is 11.6 Å². The molecule has 1 atom stereocenters. The number of sulfone groups is 1. The molecule has 25 heteroatoms. The van der Waals surface area contributed by atoms with E-state index in [1.54, 1.807) is 30.5 Å². The molecule has 1 aliphatic carbocycles. The number of H-pyrrole nitrogens is 1. The first-order valence-electron chi connectivity index (χ1n) is 27.5. The van der Waals surface area contributed by atoms with Crippen molar-refractivity contribution in [2.45, 2.75) is 86.8 Å². The average Bonchev–Trinajstić information content (AvgIpc) is 4.05. The molecule has 0 unspecified atom stereocenters. The summed E-state index contributed by atoms with van der Waals surface area (Å²) in [6, 6.07) is 18.4. The molecule has 2 aliphatic heterocycles. The number of sulfonamides is 1. The molecule has 2 aromatic heterocycles. The van der Waals surface area contributed by atoms with Gasteiger partial charge in [0.25, 0.3) is 25.8 Å². The van der Waals surface area contributed by atoms with Crippen LogP contribution in [0, 0.1) is 5.41 Å². The zero-order chi connectivity index (χ0) is 59.4. The second-order valence-electron chi connectivity index (χ2n) is 23.5. The van der Waals surface area contributed by atoms with Crippen LogP contribution in [0.25, 0.3) is 16.6 Å². The first-order chi connectivity index (χ1) is 38.5. The maximum Gasteiger partial charge on any atom is 0.501 e. The number of carbonyl (C=O) groups excluding carboxylic acids is 1. The third kappa shape index (κ3) is 15.1. The Labute approximate surface area is 485 Å². The molecule has 0 spiro atoms. The monoisotopic (exact) mass is 1210 g/mol. The van der Waals surface area contributed by atoms with Crippen molar-refractivity contribution >= 4 is 79.8 Å². The van der Waals surface area contributed by atoms with Crippen LogP contribution in [0.2, 0.25) is 23.2 Å². The highest BCUT2D eigenvalue weighted by Crippen LogP contribution is 2.45. The smallest absolute Gasteiger partial charge is 0.465 e. The number of hydrogen-bond acceptors (Lipinski definition) is 14. The standard InChI is InChI=1S/C57H75ClF3N9O9S2Si/c1-55(2,3)82(6,7)78-32-31-66(5)22-8-20-62-49-16-14-46(35-51(49)80(74,75)57(59,60)61)81(76,77)65-53(71)48-15-13-44(34-50(48)79-45-33-41-18-21-63-52(41)64-37-45)69-27-23-67(24-28-69)38-42-36-56(4,39-68-25-29-70(30-26-68)54(72)73)19-17-47(42)40-9-11-43(58)12-10-40/h9-16,18,21,33-35,37,62H,8,17,19-20,22-32,36,38-39H2,1-7H3,(H,63,64)(H,65,71)(H,72,73)/t56-/m1/s1. The predicted molar refractivity (Wildman–Crippen MR) is 316 cm³/mol. The highest BCUT2D eigenvalue weighted by atomic mass is 35.5. The zero-order valence-electron chi connectivity index (χ0n) is 47.5. The van der Waals surface area contributed by atoms with E-state index in [0.29, 0.717) is 106 Å². The number of piperazine rings is 2. The number of alkyl halides is 3. The Bertz CT molecular complexity index is 3370. The van der Waals surface area contributed by atoms with Crippen LogP contribution in [0.4, 0.5) is 29.3 Å². The minimum Gasteiger partial charge on any atom is -0.465 e. The first kappa shape index (κ1) is 62.3. The van der Waals surface area contributed by atoms with Crippen LogP contribution >= 0.6 is 11.6 Å². The number of rotatable bonds is 21. The van der Waals surface area contributed by atoms with E-state index in [0.717, 1.165) is 50.0 Å². The van der Waals surface area contributed by atoms with Gasteiger partial charge in [-0.25, -0.2) is 31.3 Å². The average molecular weight is 1210 g/mol. The summed E-state index contributed by atoms with van der Waals surface area (Å²) in [7, 11) is -11.2. The number of amides is 2. The molecule has 0 radical (unpaired) electrons. The van der Waals surface area contributed by atoms with Gasteiger partial charge in [-0.15, -0.1) is 0 Å². The summed E-state index contributed by atoms with van der Waals surface area (Å²) in [6.07, 6.45) is 5.39. The number of carboxylic acid groups (broad SMARTS) is 1. The van der Waals surface area contributed by atoms with Crippen LogP contribution < -0.4 is 19.7 Å². The van der Waals surface area contributed by atoms with Crippen molar-refractivity contribution in [2.24, 2.45) is 5.41 Å². The van der Waals surface area contributed by atoms with Crippen molar-refractivity contribution in [1.29, 1.82) is 0 Å². The van der Waals surface area contributed by atoms with Gasteiger partial charge in [-0.1, -0.05) is 57.0 Å². The Hall–Kier alpha value is -5.73. The Morgan fingerprint density at radius 3 is 2.27 bits per heavy atom. The Morgan fingerprint density at radius 2 is 1.60 bits per heavy atom. The quantitative estimate of drug-likeness (QED) is 0.0398. The molecular formula is C57H75ClF3N9O9S2Si. The molecule has 8 rings (SSSR count). The van der Waals surface area contributed by atoms with E-state index >= 15 is 0 Å². The maximum atomic E-state index is 14.2. The summed E-state index contributed by atoms with van der Waals surface area (Å²) in [6.45, 7) is 21.2. The molecule has 0 bridgehead atoms. The molecule has 18 nitrogen and oxygen atoms in total. The number of nitrogens with zero attached hydrogens (tertiary/aromatic N) is 6. The number of ether oxygens (including phenoxy) is 1. The van der Waals surface area contributed by atoms with Crippen molar-refractivity contribution in [1.82, 2.24) is 34.3 Å². The van der Waals surface area contributed by atoms with Crippen molar-refractivity contribution in [3.63, 3.8) is 0 Å². The van der Waals surface area contributed by atoms with Crippen molar-refractivity contribution in [3.05, 3.63) is 107 Å². The van der Waals surface area contributed by atoms with E-state index in [1.165, 1.54) is 28.3 Å². The highest BCUT2D eigenvalue weighted by Gasteiger charge is 2.48. The summed E-state index contributed by atoms with van der Waals surface area (Å²) in [5.41, 5.74) is -1.45. The Kier molecular flexibility index (Phi) is 19.2. The third-order valence-electron chi connectivity index (χ3n) is 16.3. The molecule has 2 fully saturated rings. The van der Waals surface area contributed by atoms with Gasteiger partial charge < -0.3 is 39.3 Å².